The summed E-state index contributed by atoms with van der Waals surface area (Å²) in [4.78, 5) is 2.14. The fraction of sp³-hybridized carbons (Fsp3) is 0.474. The van der Waals surface area contributed by atoms with Gasteiger partial charge in [0.05, 0.1) is 26.5 Å². The number of hydrogen-bond acceptors (Lipinski definition) is 4. The molecule has 1 aromatic heterocycles. The number of methoxy groups -OCH3 is 1. The third-order valence-corrected chi connectivity index (χ3v) is 2.94. The SMILES string of the molecule is CC.CC.COc1ccc(CN(CCO)Cc2ccco2)cc1. The highest BCUT2D eigenvalue weighted by Crippen LogP contribution is 2.14. The van der Waals surface area contributed by atoms with Crippen LogP contribution in [-0.4, -0.2) is 30.3 Å². The summed E-state index contributed by atoms with van der Waals surface area (Å²) in [6.45, 7) is 10.2. The molecule has 4 heteroatoms. The van der Waals surface area contributed by atoms with Crippen LogP contribution in [0.3, 0.4) is 0 Å². The number of aliphatic hydroxyl groups excluding tert-OH is 1. The predicted octanol–water partition coefficient (Wildman–Crippen LogP) is 4.34. The van der Waals surface area contributed by atoms with Gasteiger partial charge in [-0.05, 0) is 29.8 Å². The highest BCUT2D eigenvalue weighted by atomic mass is 16.5. The van der Waals surface area contributed by atoms with Gasteiger partial charge in [-0.1, -0.05) is 39.8 Å². The molecule has 0 fully saturated rings. The minimum atomic E-state index is 0.136. The number of aliphatic hydroxyl groups is 1. The van der Waals surface area contributed by atoms with Gasteiger partial charge in [-0.25, -0.2) is 0 Å². The lowest BCUT2D eigenvalue weighted by molar-refractivity contribution is 0.175. The first-order valence-corrected chi connectivity index (χ1v) is 8.30. The van der Waals surface area contributed by atoms with Crippen LogP contribution >= 0.6 is 0 Å². The van der Waals surface area contributed by atoms with Crippen LogP contribution in [0.4, 0.5) is 0 Å². The summed E-state index contributed by atoms with van der Waals surface area (Å²) in [6.07, 6.45) is 1.67. The Labute approximate surface area is 140 Å². The summed E-state index contributed by atoms with van der Waals surface area (Å²) in [6, 6.07) is 11.8. The molecule has 1 N–H and O–H groups in total. The van der Waals surface area contributed by atoms with E-state index in [4.69, 9.17) is 14.3 Å². The molecule has 0 amide bonds. The Kier molecular flexibility index (Phi) is 12.8. The zero-order chi connectivity index (χ0) is 17.5. The summed E-state index contributed by atoms with van der Waals surface area (Å²) in [5.74, 6) is 1.76. The van der Waals surface area contributed by atoms with E-state index in [1.807, 2.05) is 64.1 Å². The van der Waals surface area contributed by atoms with Crippen molar-refractivity contribution in [3.63, 3.8) is 0 Å². The molecular formula is C19H31NO3. The lowest BCUT2D eigenvalue weighted by Gasteiger charge is -2.20. The van der Waals surface area contributed by atoms with Crippen molar-refractivity contribution >= 4 is 0 Å². The van der Waals surface area contributed by atoms with Crippen molar-refractivity contribution in [1.82, 2.24) is 4.90 Å². The molecular weight excluding hydrogens is 290 g/mol. The monoisotopic (exact) mass is 321 g/mol. The van der Waals surface area contributed by atoms with Gasteiger partial charge in [0.15, 0.2) is 0 Å². The number of hydrogen-bond donors (Lipinski definition) is 1. The summed E-state index contributed by atoms with van der Waals surface area (Å²) >= 11 is 0. The molecule has 0 aliphatic rings. The fourth-order valence-electron chi connectivity index (χ4n) is 1.97. The minimum Gasteiger partial charge on any atom is -0.497 e. The van der Waals surface area contributed by atoms with Crippen molar-refractivity contribution in [2.24, 2.45) is 0 Å². The van der Waals surface area contributed by atoms with Crippen LogP contribution in [0.5, 0.6) is 5.75 Å². The molecule has 2 rings (SSSR count). The Morgan fingerprint density at radius 3 is 2.13 bits per heavy atom. The molecule has 0 radical (unpaired) electrons. The van der Waals surface area contributed by atoms with Gasteiger partial charge in [-0.2, -0.15) is 0 Å². The Hall–Kier alpha value is -1.78. The van der Waals surface area contributed by atoms with Gasteiger partial charge in [-0.15, -0.1) is 0 Å². The number of ether oxygens (including phenoxy) is 1. The molecule has 0 saturated carbocycles. The summed E-state index contributed by atoms with van der Waals surface area (Å²) in [5.41, 5.74) is 1.18. The van der Waals surface area contributed by atoms with Crippen LogP contribution in [0, 0.1) is 0 Å². The largest absolute Gasteiger partial charge is 0.497 e. The molecule has 0 aliphatic heterocycles. The van der Waals surface area contributed by atoms with Gasteiger partial charge in [0.25, 0.3) is 0 Å². The maximum absolute atomic E-state index is 9.13. The predicted molar refractivity (Wildman–Crippen MR) is 95.6 cm³/mol. The molecule has 4 nitrogen and oxygen atoms in total. The Morgan fingerprint density at radius 2 is 1.65 bits per heavy atom. The zero-order valence-electron chi connectivity index (χ0n) is 15.1. The van der Waals surface area contributed by atoms with E-state index in [1.165, 1.54) is 5.56 Å². The van der Waals surface area contributed by atoms with E-state index in [0.717, 1.165) is 18.1 Å². The summed E-state index contributed by atoms with van der Waals surface area (Å²) < 4.78 is 10.5. The maximum Gasteiger partial charge on any atom is 0.118 e. The first kappa shape index (κ1) is 21.2. The van der Waals surface area contributed by atoms with E-state index in [-0.39, 0.29) is 6.61 Å². The number of furan rings is 1. The van der Waals surface area contributed by atoms with E-state index in [1.54, 1.807) is 13.4 Å². The maximum atomic E-state index is 9.13. The molecule has 0 unspecified atom stereocenters. The van der Waals surface area contributed by atoms with E-state index in [2.05, 4.69) is 4.90 Å². The molecule has 1 heterocycles. The lowest BCUT2D eigenvalue weighted by Crippen LogP contribution is -2.25. The zero-order valence-corrected chi connectivity index (χ0v) is 15.1. The van der Waals surface area contributed by atoms with Gasteiger partial charge in [0.1, 0.15) is 11.5 Å². The second-order valence-electron chi connectivity index (χ2n) is 4.36. The van der Waals surface area contributed by atoms with Crippen LogP contribution in [0.1, 0.15) is 39.0 Å². The molecule has 130 valence electrons. The van der Waals surface area contributed by atoms with Crippen molar-refractivity contribution in [3.05, 3.63) is 54.0 Å². The first-order valence-electron chi connectivity index (χ1n) is 8.30. The Balaban J connectivity index is 0.00000112. The minimum absolute atomic E-state index is 0.136. The van der Waals surface area contributed by atoms with Crippen LogP contribution in [0.2, 0.25) is 0 Å². The third kappa shape index (κ3) is 8.43. The van der Waals surface area contributed by atoms with Crippen molar-refractivity contribution in [2.75, 3.05) is 20.3 Å². The Morgan fingerprint density at radius 1 is 1.00 bits per heavy atom. The van der Waals surface area contributed by atoms with Crippen LogP contribution in [-0.2, 0) is 13.1 Å². The third-order valence-electron chi connectivity index (χ3n) is 2.94. The van der Waals surface area contributed by atoms with Crippen LogP contribution < -0.4 is 4.74 Å². The average Bonchev–Trinajstić information content (AvgIpc) is 3.12. The molecule has 0 atom stereocenters. The molecule has 0 aliphatic carbocycles. The van der Waals surface area contributed by atoms with Crippen LogP contribution in [0.15, 0.2) is 47.1 Å². The average molecular weight is 321 g/mol. The quantitative estimate of drug-likeness (QED) is 0.824. The van der Waals surface area contributed by atoms with Gasteiger partial charge in [-0.3, -0.25) is 4.90 Å². The lowest BCUT2D eigenvalue weighted by atomic mass is 10.2. The first-order chi connectivity index (χ1) is 11.3. The van der Waals surface area contributed by atoms with Crippen molar-refractivity contribution in [2.45, 2.75) is 40.8 Å². The number of benzene rings is 1. The molecule has 0 spiro atoms. The van der Waals surface area contributed by atoms with Crippen molar-refractivity contribution < 1.29 is 14.3 Å². The Bertz CT molecular complexity index is 466. The number of rotatable bonds is 7. The normalized spacial score (nSPS) is 9.52. The highest BCUT2D eigenvalue weighted by Gasteiger charge is 2.08. The van der Waals surface area contributed by atoms with E-state index < -0.39 is 0 Å². The second-order valence-corrected chi connectivity index (χ2v) is 4.36. The van der Waals surface area contributed by atoms with Gasteiger partial charge in [0.2, 0.25) is 0 Å². The molecule has 0 saturated heterocycles. The van der Waals surface area contributed by atoms with E-state index in [0.29, 0.717) is 13.1 Å². The van der Waals surface area contributed by atoms with E-state index in [9.17, 15) is 0 Å². The van der Waals surface area contributed by atoms with E-state index >= 15 is 0 Å². The summed E-state index contributed by atoms with van der Waals surface area (Å²) in [7, 11) is 1.66. The summed E-state index contributed by atoms with van der Waals surface area (Å²) in [5, 5.41) is 9.13. The highest BCUT2D eigenvalue weighted by molar-refractivity contribution is 5.27. The fourth-order valence-corrected chi connectivity index (χ4v) is 1.97. The van der Waals surface area contributed by atoms with Gasteiger partial charge >= 0.3 is 0 Å². The van der Waals surface area contributed by atoms with Crippen LogP contribution in [0.25, 0.3) is 0 Å². The van der Waals surface area contributed by atoms with Crippen molar-refractivity contribution in [1.29, 1.82) is 0 Å². The molecule has 2 aromatic rings. The smallest absolute Gasteiger partial charge is 0.118 e. The molecule has 1 aromatic carbocycles. The number of nitrogens with zero attached hydrogens (tertiary/aromatic N) is 1. The standard InChI is InChI=1S/C15H19NO3.2C2H6/c1-18-14-6-4-13(5-7-14)11-16(8-9-17)12-15-3-2-10-19-15;2*1-2/h2-7,10,17H,8-9,11-12H2,1H3;2*1-2H3. The molecule has 0 bridgehead atoms. The van der Waals surface area contributed by atoms with Crippen molar-refractivity contribution in [3.8, 4) is 5.75 Å². The van der Waals surface area contributed by atoms with Gasteiger partial charge < -0.3 is 14.3 Å². The molecule has 23 heavy (non-hydrogen) atoms. The topological polar surface area (TPSA) is 45.8 Å². The van der Waals surface area contributed by atoms with Gasteiger partial charge in [0, 0.05) is 13.1 Å². The second kappa shape index (κ2) is 13.9.